The minimum absolute atomic E-state index is 0.305. The van der Waals surface area contributed by atoms with E-state index in [1.54, 1.807) is 23.5 Å². The van der Waals surface area contributed by atoms with E-state index in [1.807, 2.05) is 67.8 Å². The van der Waals surface area contributed by atoms with Crippen molar-refractivity contribution >= 4 is 27.1 Å². The van der Waals surface area contributed by atoms with Gasteiger partial charge in [0.1, 0.15) is 0 Å². The van der Waals surface area contributed by atoms with Crippen molar-refractivity contribution in [2.75, 3.05) is 0 Å². The second-order valence-corrected chi connectivity index (χ2v) is 9.36. The first-order valence-corrected chi connectivity index (χ1v) is 11.1. The predicted molar refractivity (Wildman–Crippen MR) is 110 cm³/mol. The summed E-state index contributed by atoms with van der Waals surface area (Å²) in [5.41, 5.74) is 3.59. The maximum Gasteiger partial charge on any atom is 0.279 e. The van der Waals surface area contributed by atoms with Crippen LogP contribution in [0.2, 0.25) is 0 Å². The van der Waals surface area contributed by atoms with Crippen LogP contribution in [0.5, 0.6) is 0 Å². The molecular weight excluding hydrogens is 376 g/mol. The van der Waals surface area contributed by atoms with Gasteiger partial charge in [0.15, 0.2) is 0 Å². The van der Waals surface area contributed by atoms with Crippen molar-refractivity contribution < 1.29 is 8.42 Å². The average molecular weight is 397 g/mol. The number of hydrazone groups is 1. The normalized spacial score (nSPS) is 17.2. The molecule has 1 unspecified atom stereocenters. The maximum atomic E-state index is 13.5. The number of aryl methyl sites for hydroxylation is 2. The molecule has 0 spiro atoms. The van der Waals surface area contributed by atoms with Crippen molar-refractivity contribution in [1.29, 1.82) is 0 Å². The van der Waals surface area contributed by atoms with Gasteiger partial charge in [0.25, 0.3) is 10.0 Å². The van der Waals surface area contributed by atoms with Gasteiger partial charge >= 0.3 is 0 Å². The van der Waals surface area contributed by atoms with Crippen LogP contribution in [-0.4, -0.2) is 18.5 Å². The fourth-order valence-corrected chi connectivity index (χ4v) is 5.82. The summed E-state index contributed by atoms with van der Waals surface area (Å²) in [4.78, 5) is 1.32. The summed E-state index contributed by atoms with van der Waals surface area (Å²) in [5.74, 6) is 0. The summed E-state index contributed by atoms with van der Waals surface area (Å²) in [6, 6.07) is 18.6. The van der Waals surface area contributed by atoms with Gasteiger partial charge in [0, 0.05) is 6.42 Å². The highest BCUT2D eigenvalue weighted by Crippen LogP contribution is 2.39. The zero-order chi connectivity index (χ0) is 19.0. The molecule has 0 bridgehead atoms. The number of sulfonamides is 1. The van der Waals surface area contributed by atoms with E-state index in [0.717, 1.165) is 27.3 Å². The molecule has 0 amide bonds. The summed E-state index contributed by atoms with van der Waals surface area (Å²) in [5, 5.41) is 6.58. The van der Waals surface area contributed by atoms with E-state index in [9.17, 15) is 8.42 Å². The number of hydrogen-bond acceptors (Lipinski definition) is 4. The molecule has 2 heterocycles. The van der Waals surface area contributed by atoms with Crippen LogP contribution in [0.1, 0.15) is 34.0 Å². The van der Waals surface area contributed by atoms with E-state index in [-0.39, 0.29) is 6.04 Å². The Morgan fingerprint density at radius 1 is 0.963 bits per heavy atom. The van der Waals surface area contributed by atoms with Crippen molar-refractivity contribution in [3.63, 3.8) is 0 Å². The Balaban J connectivity index is 1.85. The van der Waals surface area contributed by atoms with Gasteiger partial charge in [-0.3, -0.25) is 0 Å². The summed E-state index contributed by atoms with van der Waals surface area (Å²) < 4.78 is 28.3. The molecule has 0 saturated carbocycles. The van der Waals surface area contributed by atoms with E-state index < -0.39 is 10.0 Å². The molecule has 27 heavy (non-hydrogen) atoms. The van der Waals surface area contributed by atoms with Crippen molar-refractivity contribution in [3.8, 4) is 0 Å². The highest BCUT2D eigenvalue weighted by atomic mass is 32.2. The molecule has 4 rings (SSSR count). The summed E-state index contributed by atoms with van der Waals surface area (Å²) in [6.07, 6.45) is 0.566. The van der Waals surface area contributed by atoms with Gasteiger partial charge < -0.3 is 0 Å². The van der Waals surface area contributed by atoms with Crippen LogP contribution < -0.4 is 0 Å². The average Bonchev–Trinajstić information content (AvgIpc) is 3.32. The van der Waals surface area contributed by atoms with Gasteiger partial charge in [-0.15, -0.1) is 11.3 Å². The fraction of sp³-hybridized carbons (Fsp3) is 0.190. The molecule has 138 valence electrons. The van der Waals surface area contributed by atoms with Crippen LogP contribution >= 0.6 is 11.3 Å². The Hall–Kier alpha value is -2.44. The molecular formula is C21H20N2O2S2. The number of thiophene rings is 1. The predicted octanol–water partition coefficient (Wildman–Crippen LogP) is 4.90. The lowest BCUT2D eigenvalue weighted by molar-refractivity contribution is 0.370. The second-order valence-electron chi connectivity index (χ2n) is 6.64. The lowest BCUT2D eigenvalue weighted by Gasteiger charge is -2.25. The summed E-state index contributed by atoms with van der Waals surface area (Å²) in [6.45, 7) is 3.83. The Morgan fingerprint density at radius 3 is 2.33 bits per heavy atom. The van der Waals surface area contributed by atoms with Crippen molar-refractivity contribution in [1.82, 2.24) is 4.41 Å². The molecule has 4 nitrogen and oxygen atoms in total. The number of benzene rings is 2. The first kappa shape index (κ1) is 17.9. The zero-order valence-corrected chi connectivity index (χ0v) is 16.8. The third-order valence-corrected chi connectivity index (χ3v) is 7.60. The smallest absolute Gasteiger partial charge is 0.200 e. The molecule has 3 aromatic rings. The van der Waals surface area contributed by atoms with E-state index >= 15 is 0 Å². The van der Waals surface area contributed by atoms with Crippen molar-refractivity contribution in [2.24, 2.45) is 5.10 Å². The van der Waals surface area contributed by atoms with Crippen LogP contribution in [0.15, 0.2) is 76.0 Å². The summed E-state index contributed by atoms with van der Waals surface area (Å²) >= 11 is 1.58. The molecule has 2 aromatic carbocycles. The minimum atomic E-state index is -3.76. The molecule has 0 fully saturated rings. The van der Waals surface area contributed by atoms with E-state index in [1.165, 1.54) is 4.41 Å². The summed E-state index contributed by atoms with van der Waals surface area (Å²) in [7, 11) is -3.76. The first-order valence-electron chi connectivity index (χ1n) is 8.75. The largest absolute Gasteiger partial charge is 0.279 e. The molecule has 0 N–H and O–H groups in total. The number of hydrogen-bond donors (Lipinski definition) is 0. The molecule has 1 aliphatic rings. The van der Waals surface area contributed by atoms with Crippen molar-refractivity contribution in [3.05, 3.63) is 87.6 Å². The van der Waals surface area contributed by atoms with E-state index in [0.29, 0.717) is 11.3 Å². The van der Waals surface area contributed by atoms with E-state index in [4.69, 9.17) is 0 Å². The molecule has 1 aromatic heterocycles. The Morgan fingerprint density at radius 2 is 1.67 bits per heavy atom. The second kappa shape index (κ2) is 6.94. The number of nitrogens with zero attached hydrogens (tertiary/aromatic N) is 2. The maximum absolute atomic E-state index is 13.5. The highest BCUT2D eigenvalue weighted by molar-refractivity contribution is 7.89. The zero-order valence-electron chi connectivity index (χ0n) is 15.2. The number of rotatable bonds is 4. The molecule has 0 aliphatic carbocycles. The van der Waals surface area contributed by atoms with Crippen LogP contribution in [0, 0.1) is 13.8 Å². The lowest BCUT2D eigenvalue weighted by atomic mass is 9.98. The van der Waals surface area contributed by atoms with Gasteiger partial charge in [-0.05, 0) is 48.1 Å². The Labute approximate surface area is 163 Å². The van der Waals surface area contributed by atoms with Crippen LogP contribution in [0.3, 0.4) is 0 Å². The lowest BCUT2D eigenvalue weighted by Crippen LogP contribution is -2.28. The van der Waals surface area contributed by atoms with Crippen LogP contribution in [-0.2, 0) is 10.0 Å². The minimum Gasteiger partial charge on any atom is -0.200 e. The van der Waals surface area contributed by atoms with Gasteiger partial charge in [0.2, 0.25) is 0 Å². The van der Waals surface area contributed by atoms with E-state index in [2.05, 4.69) is 5.10 Å². The highest BCUT2D eigenvalue weighted by Gasteiger charge is 2.38. The van der Waals surface area contributed by atoms with Gasteiger partial charge in [-0.1, -0.05) is 48.5 Å². The third-order valence-electron chi connectivity index (χ3n) is 4.84. The quantitative estimate of drug-likeness (QED) is 0.629. The first-order chi connectivity index (χ1) is 13.0. The molecule has 0 saturated heterocycles. The standard InChI is InChI=1S/C21H20N2O2S2/c1-15-8-3-5-10-17(15)19-14-18(20-11-7-13-26-20)22-23(19)27(24,25)21-12-6-4-9-16(21)2/h3-13,19H,14H2,1-2H3. The Bertz CT molecular complexity index is 1100. The van der Waals surface area contributed by atoms with Gasteiger partial charge in [-0.25, -0.2) is 0 Å². The SMILES string of the molecule is Cc1ccccc1C1CC(c2cccs2)=NN1S(=O)(=O)c1ccccc1C. The molecule has 1 atom stereocenters. The van der Waals surface area contributed by atoms with Gasteiger partial charge in [0.05, 0.1) is 21.5 Å². The Kier molecular flexibility index (Phi) is 4.61. The fourth-order valence-electron chi connectivity index (χ4n) is 3.44. The van der Waals surface area contributed by atoms with Crippen molar-refractivity contribution in [2.45, 2.75) is 31.2 Å². The van der Waals surface area contributed by atoms with Gasteiger partial charge in [-0.2, -0.15) is 17.9 Å². The van der Waals surface area contributed by atoms with Crippen LogP contribution in [0.25, 0.3) is 0 Å². The molecule has 6 heteroatoms. The van der Waals surface area contributed by atoms with Crippen LogP contribution in [0.4, 0.5) is 0 Å². The monoisotopic (exact) mass is 396 g/mol. The molecule has 1 aliphatic heterocycles. The molecule has 0 radical (unpaired) electrons. The topological polar surface area (TPSA) is 49.7 Å². The third kappa shape index (κ3) is 3.19.